The number of aliphatic hydroxyl groups excluding tert-OH is 1. The van der Waals surface area contributed by atoms with Gasteiger partial charge in [0.15, 0.2) is 5.78 Å². The van der Waals surface area contributed by atoms with Gasteiger partial charge in [-0.15, -0.1) is 0 Å². The smallest absolute Gasteiger partial charge is 0.276 e. The number of Topliss-reactive ketones (excluding diaryl/α,β-unsaturated/α-hetero) is 1. The molecule has 0 amide bonds. The first-order valence-electron chi connectivity index (χ1n) is 4.79. The van der Waals surface area contributed by atoms with Crippen molar-refractivity contribution in [1.29, 1.82) is 0 Å². The first-order valence-corrected chi connectivity index (χ1v) is 4.79. The molecule has 0 atom stereocenters. The van der Waals surface area contributed by atoms with Crippen molar-refractivity contribution in [3.63, 3.8) is 0 Å². The molecule has 5 nitrogen and oxygen atoms in total. The van der Waals surface area contributed by atoms with Crippen LogP contribution in [0.2, 0.25) is 0 Å². The molecule has 1 aromatic rings. The Balaban J connectivity index is 3.56. The number of aliphatic hydroxyl groups is 1. The van der Waals surface area contributed by atoms with E-state index in [0.717, 1.165) is 0 Å². The van der Waals surface area contributed by atoms with Crippen molar-refractivity contribution in [3.8, 4) is 0 Å². The van der Waals surface area contributed by atoms with E-state index in [-0.39, 0.29) is 11.3 Å². The number of nitro groups is 1. The summed E-state index contributed by atoms with van der Waals surface area (Å²) in [7, 11) is 0. The Labute approximate surface area is 92.9 Å². The lowest BCUT2D eigenvalue weighted by molar-refractivity contribution is -0.386. The van der Waals surface area contributed by atoms with E-state index in [1.54, 1.807) is 19.9 Å². The number of rotatable bonds is 3. The fourth-order valence-electron chi connectivity index (χ4n) is 1.68. The Morgan fingerprint density at radius 1 is 1.38 bits per heavy atom. The summed E-state index contributed by atoms with van der Waals surface area (Å²) in [6.07, 6.45) is 0. The molecule has 1 N–H and O–H groups in total. The number of hydrogen-bond acceptors (Lipinski definition) is 4. The van der Waals surface area contributed by atoms with Gasteiger partial charge in [0, 0.05) is 16.7 Å². The molecule has 0 aromatic heterocycles. The predicted octanol–water partition coefficient (Wildman–Crippen LogP) is 1.70. The van der Waals surface area contributed by atoms with Crippen LogP contribution in [0.3, 0.4) is 0 Å². The summed E-state index contributed by atoms with van der Waals surface area (Å²) in [5.41, 5.74) is 1.72. The molecule has 0 aliphatic rings. The largest absolute Gasteiger partial charge is 0.388 e. The molecule has 0 saturated heterocycles. The molecule has 0 aliphatic carbocycles. The van der Waals surface area contributed by atoms with Gasteiger partial charge < -0.3 is 5.11 Å². The Kier molecular flexibility index (Phi) is 3.39. The average molecular weight is 223 g/mol. The summed E-state index contributed by atoms with van der Waals surface area (Å²) < 4.78 is 0. The molecule has 0 spiro atoms. The van der Waals surface area contributed by atoms with Gasteiger partial charge in [0.2, 0.25) is 0 Å². The van der Waals surface area contributed by atoms with Crippen LogP contribution in [0.5, 0.6) is 0 Å². The fourth-order valence-corrected chi connectivity index (χ4v) is 1.68. The van der Waals surface area contributed by atoms with Gasteiger partial charge in [-0.2, -0.15) is 0 Å². The minimum atomic E-state index is -0.638. The summed E-state index contributed by atoms with van der Waals surface area (Å²) in [5, 5.41) is 19.7. The number of aryl methyl sites for hydroxylation is 1. The maximum atomic E-state index is 11.4. The van der Waals surface area contributed by atoms with Gasteiger partial charge in [0.05, 0.1) is 4.92 Å². The topological polar surface area (TPSA) is 80.4 Å². The zero-order valence-electron chi connectivity index (χ0n) is 9.40. The Morgan fingerprint density at radius 2 is 1.94 bits per heavy atom. The summed E-state index contributed by atoms with van der Waals surface area (Å²) >= 11 is 0. The van der Waals surface area contributed by atoms with Crippen LogP contribution in [0.1, 0.15) is 27.0 Å². The lowest BCUT2D eigenvalue weighted by atomic mass is 9.96. The van der Waals surface area contributed by atoms with Crippen molar-refractivity contribution < 1.29 is 14.8 Å². The Morgan fingerprint density at radius 3 is 2.38 bits per heavy atom. The Bertz CT molecular complexity index is 466. The van der Waals surface area contributed by atoms with Crippen LogP contribution in [0, 0.1) is 30.9 Å². The fraction of sp³-hybridized carbons (Fsp3) is 0.364. The van der Waals surface area contributed by atoms with E-state index < -0.39 is 17.3 Å². The third-order valence-electron chi connectivity index (χ3n) is 2.69. The van der Waals surface area contributed by atoms with E-state index >= 15 is 0 Å². The van der Waals surface area contributed by atoms with Crippen molar-refractivity contribution in [1.82, 2.24) is 0 Å². The van der Waals surface area contributed by atoms with Gasteiger partial charge in [0.1, 0.15) is 6.61 Å². The van der Waals surface area contributed by atoms with E-state index in [2.05, 4.69) is 0 Å². The molecule has 0 unspecified atom stereocenters. The van der Waals surface area contributed by atoms with Crippen molar-refractivity contribution >= 4 is 11.5 Å². The van der Waals surface area contributed by atoms with Crippen LogP contribution in [0.4, 0.5) is 5.69 Å². The van der Waals surface area contributed by atoms with E-state index in [1.165, 1.54) is 6.92 Å². The molecular weight excluding hydrogens is 210 g/mol. The second-order valence-corrected chi connectivity index (χ2v) is 3.68. The van der Waals surface area contributed by atoms with Gasteiger partial charge in [0.25, 0.3) is 5.69 Å². The maximum absolute atomic E-state index is 11.4. The standard InChI is InChI=1S/C11H13NO4/c1-6-4-9(10(14)5-13)8(3)11(7(6)2)12(15)16/h4,13H,5H2,1-3H3. The minimum Gasteiger partial charge on any atom is -0.388 e. The van der Waals surface area contributed by atoms with Crippen LogP contribution in [-0.2, 0) is 0 Å². The highest BCUT2D eigenvalue weighted by atomic mass is 16.6. The SMILES string of the molecule is Cc1cc(C(=O)CO)c(C)c([N+](=O)[O-])c1C. The van der Waals surface area contributed by atoms with Crippen molar-refractivity contribution in [2.24, 2.45) is 0 Å². The van der Waals surface area contributed by atoms with Gasteiger partial charge in [-0.05, 0) is 32.4 Å². The molecule has 0 heterocycles. The van der Waals surface area contributed by atoms with Gasteiger partial charge in [-0.3, -0.25) is 14.9 Å². The number of nitrogens with zero attached hydrogens (tertiary/aromatic N) is 1. The molecule has 0 fully saturated rings. The Hall–Kier alpha value is -1.75. The second-order valence-electron chi connectivity index (χ2n) is 3.68. The molecule has 1 rings (SSSR count). The molecule has 5 heteroatoms. The first kappa shape index (κ1) is 12.3. The quantitative estimate of drug-likeness (QED) is 0.480. The molecule has 0 saturated carbocycles. The van der Waals surface area contributed by atoms with E-state index in [0.29, 0.717) is 16.7 Å². The van der Waals surface area contributed by atoms with Crippen LogP contribution < -0.4 is 0 Å². The number of benzene rings is 1. The second kappa shape index (κ2) is 4.40. The van der Waals surface area contributed by atoms with E-state index in [9.17, 15) is 14.9 Å². The predicted molar refractivity (Wildman–Crippen MR) is 58.7 cm³/mol. The highest BCUT2D eigenvalue weighted by molar-refractivity contribution is 5.99. The molecule has 0 bridgehead atoms. The average Bonchev–Trinajstić information content (AvgIpc) is 2.22. The van der Waals surface area contributed by atoms with Gasteiger partial charge >= 0.3 is 0 Å². The minimum absolute atomic E-state index is 0.0446. The lowest BCUT2D eigenvalue weighted by Crippen LogP contribution is -2.10. The number of nitro benzene ring substituents is 1. The number of ketones is 1. The number of hydrogen-bond donors (Lipinski definition) is 1. The van der Waals surface area contributed by atoms with E-state index in [1.807, 2.05) is 0 Å². The first-order chi connectivity index (χ1) is 7.40. The molecular formula is C11H13NO4. The normalized spacial score (nSPS) is 10.2. The van der Waals surface area contributed by atoms with Crippen molar-refractivity contribution in [3.05, 3.63) is 38.4 Å². The van der Waals surface area contributed by atoms with Crippen LogP contribution in [-0.4, -0.2) is 22.4 Å². The summed E-state index contributed by atoms with van der Waals surface area (Å²) in [4.78, 5) is 21.8. The summed E-state index contributed by atoms with van der Waals surface area (Å²) in [5.74, 6) is -0.497. The monoisotopic (exact) mass is 223 g/mol. The molecule has 1 aromatic carbocycles. The highest BCUT2D eigenvalue weighted by Gasteiger charge is 2.22. The molecule has 16 heavy (non-hydrogen) atoms. The maximum Gasteiger partial charge on any atom is 0.276 e. The van der Waals surface area contributed by atoms with Crippen LogP contribution >= 0.6 is 0 Å². The zero-order chi connectivity index (χ0) is 12.5. The third kappa shape index (κ3) is 1.94. The van der Waals surface area contributed by atoms with Crippen molar-refractivity contribution in [2.75, 3.05) is 6.61 Å². The van der Waals surface area contributed by atoms with E-state index in [4.69, 9.17) is 5.11 Å². The summed E-state index contributed by atoms with van der Waals surface area (Å²) in [6, 6.07) is 1.58. The highest BCUT2D eigenvalue weighted by Crippen LogP contribution is 2.28. The molecule has 0 aliphatic heterocycles. The number of carbonyl (C=O) groups is 1. The van der Waals surface area contributed by atoms with Crippen molar-refractivity contribution in [2.45, 2.75) is 20.8 Å². The third-order valence-corrected chi connectivity index (χ3v) is 2.69. The van der Waals surface area contributed by atoms with Crippen LogP contribution in [0.15, 0.2) is 6.07 Å². The molecule has 86 valence electrons. The van der Waals surface area contributed by atoms with Gasteiger partial charge in [-0.25, -0.2) is 0 Å². The molecule has 0 radical (unpaired) electrons. The number of carbonyl (C=O) groups excluding carboxylic acids is 1. The lowest BCUT2D eigenvalue weighted by Gasteiger charge is -2.09. The van der Waals surface area contributed by atoms with Crippen LogP contribution in [0.25, 0.3) is 0 Å². The van der Waals surface area contributed by atoms with Gasteiger partial charge in [-0.1, -0.05) is 0 Å². The summed E-state index contributed by atoms with van der Waals surface area (Å²) in [6.45, 7) is 4.23. The zero-order valence-corrected chi connectivity index (χ0v) is 9.40.